The van der Waals surface area contributed by atoms with Gasteiger partial charge in [0.15, 0.2) is 0 Å². The molecule has 1 unspecified atom stereocenters. The summed E-state index contributed by atoms with van der Waals surface area (Å²) in [7, 11) is 0. The van der Waals surface area contributed by atoms with Crippen molar-refractivity contribution in [2.75, 3.05) is 0 Å². The molecule has 0 aliphatic heterocycles. The van der Waals surface area contributed by atoms with Crippen LogP contribution in [0.5, 0.6) is 0 Å². The molecule has 2 aromatic rings. The second-order valence-electron chi connectivity index (χ2n) is 5.73. The van der Waals surface area contributed by atoms with Crippen molar-refractivity contribution in [1.29, 1.82) is 0 Å². The largest absolute Gasteiger partial charge is 0.346 e. The SMILES string of the molecule is CC(C)CC(N)c1nc(C(=O)NCc2cc(F)ccc2F)cs1. The van der Waals surface area contributed by atoms with E-state index >= 15 is 0 Å². The Morgan fingerprint density at radius 2 is 2.13 bits per heavy atom. The summed E-state index contributed by atoms with van der Waals surface area (Å²) in [5.74, 6) is -1.12. The number of thiazole rings is 1. The molecule has 23 heavy (non-hydrogen) atoms. The Kier molecular flexibility index (Phi) is 5.79. The fraction of sp³-hybridized carbons (Fsp3) is 0.375. The van der Waals surface area contributed by atoms with E-state index in [4.69, 9.17) is 5.73 Å². The fourth-order valence-corrected chi connectivity index (χ4v) is 2.93. The lowest BCUT2D eigenvalue weighted by Crippen LogP contribution is -2.24. The Balaban J connectivity index is 1.98. The molecule has 0 fully saturated rings. The van der Waals surface area contributed by atoms with E-state index in [0.29, 0.717) is 10.9 Å². The van der Waals surface area contributed by atoms with Crippen molar-refractivity contribution in [2.45, 2.75) is 32.9 Å². The molecule has 1 aromatic carbocycles. The van der Waals surface area contributed by atoms with Gasteiger partial charge in [-0.25, -0.2) is 13.8 Å². The van der Waals surface area contributed by atoms with E-state index in [2.05, 4.69) is 24.1 Å². The summed E-state index contributed by atoms with van der Waals surface area (Å²) in [4.78, 5) is 16.3. The van der Waals surface area contributed by atoms with Gasteiger partial charge in [0.05, 0.1) is 6.04 Å². The lowest BCUT2D eigenvalue weighted by molar-refractivity contribution is 0.0946. The Morgan fingerprint density at radius 3 is 2.83 bits per heavy atom. The molecule has 0 spiro atoms. The molecule has 124 valence electrons. The van der Waals surface area contributed by atoms with Gasteiger partial charge in [0.1, 0.15) is 22.3 Å². The molecule has 0 radical (unpaired) electrons. The minimum Gasteiger partial charge on any atom is -0.346 e. The first-order valence-corrected chi connectivity index (χ1v) is 8.18. The maximum Gasteiger partial charge on any atom is 0.271 e. The molecular formula is C16H19F2N3OS. The fourth-order valence-electron chi connectivity index (χ4n) is 2.12. The zero-order valence-corrected chi connectivity index (χ0v) is 13.8. The summed E-state index contributed by atoms with van der Waals surface area (Å²) in [6, 6.07) is 2.91. The van der Waals surface area contributed by atoms with Gasteiger partial charge in [-0.3, -0.25) is 4.79 Å². The van der Waals surface area contributed by atoms with Crippen LogP contribution >= 0.6 is 11.3 Å². The number of benzene rings is 1. The van der Waals surface area contributed by atoms with Crippen molar-refractivity contribution in [3.8, 4) is 0 Å². The standard InChI is InChI=1S/C16H19F2N3OS/c1-9(2)5-13(19)16-21-14(8-23-16)15(22)20-7-10-6-11(17)3-4-12(10)18/h3-4,6,8-9,13H,5,7,19H2,1-2H3,(H,20,22). The Morgan fingerprint density at radius 1 is 1.39 bits per heavy atom. The van der Waals surface area contributed by atoms with Crippen molar-refractivity contribution in [3.63, 3.8) is 0 Å². The first-order valence-electron chi connectivity index (χ1n) is 7.30. The molecule has 1 amide bonds. The number of nitrogens with two attached hydrogens (primary N) is 1. The van der Waals surface area contributed by atoms with Crippen molar-refractivity contribution >= 4 is 17.2 Å². The van der Waals surface area contributed by atoms with Gasteiger partial charge in [0.25, 0.3) is 5.91 Å². The predicted octanol–water partition coefficient (Wildman–Crippen LogP) is 3.40. The third-order valence-electron chi connectivity index (χ3n) is 3.24. The second-order valence-corrected chi connectivity index (χ2v) is 6.62. The summed E-state index contributed by atoms with van der Waals surface area (Å²) in [5.41, 5.74) is 6.36. The van der Waals surface area contributed by atoms with Crippen LogP contribution in [0, 0.1) is 17.6 Å². The molecular weight excluding hydrogens is 320 g/mol. The maximum absolute atomic E-state index is 13.5. The summed E-state index contributed by atoms with van der Waals surface area (Å²) < 4.78 is 26.6. The van der Waals surface area contributed by atoms with Crippen LogP contribution in [0.4, 0.5) is 8.78 Å². The van der Waals surface area contributed by atoms with Crippen LogP contribution in [0.15, 0.2) is 23.6 Å². The Labute approximate surface area is 137 Å². The normalized spacial score (nSPS) is 12.4. The highest BCUT2D eigenvalue weighted by Gasteiger charge is 2.16. The lowest BCUT2D eigenvalue weighted by atomic mass is 10.1. The zero-order valence-electron chi connectivity index (χ0n) is 13.0. The first kappa shape index (κ1) is 17.5. The first-order chi connectivity index (χ1) is 10.9. The van der Waals surface area contributed by atoms with Crippen molar-refractivity contribution < 1.29 is 13.6 Å². The van der Waals surface area contributed by atoms with Crippen molar-refractivity contribution in [2.24, 2.45) is 11.7 Å². The van der Waals surface area contributed by atoms with Crippen LogP contribution in [0.3, 0.4) is 0 Å². The number of carbonyl (C=O) groups is 1. The maximum atomic E-state index is 13.5. The van der Waals surface area contributed by atoms with E-state index in [-0.39, 0.29) is 23.8 Å². The van der Waals surface area contributed by atoms with Crippen molar-refractivity contribution in [3.05, 3.63) is 51.5 Å². The van der Waals surface area contributed by atoms with Crippen LogP contribution in [0.25, 0.3) is 0 Å². The predicted molar refractivity (Wildman–Crippen MR) is 86.0 cm³/mol. The average Bonchev–Trinajstić information content (AvgIpc) is 2.97. The molecule has 0 bridgehead atoms. The molecule has 0 saturated carbocycles. The van der Waals surface area contributed by atoms with Gasteiger partial charge in [-0.15, -0.1) is 11.3 Å². The number of hydrogen-bond acceptors (Lipinski definition) is 4. The molecule has 1 atom stereocenters. The van der Waals surface area contributed by atoms with Crippen LogP contribution in [-0.4, -0.2) is 10.9 Å². The van der Waals surface area contributed by atoms with E-state index in [1.54, 1.807) is 5.38 Å². The summed E-state index contributed by atoms with van der Waals surface area (Å²) in [6.45, 7) is 4.02. The number of amides is 1. The molecule has 0 aliphatic rings. The van der Waals surface area contributed by atoms with E-state index in [9.17, 15) is 13.6 Å². The molecule has 2 rings (SSSR count). The molecule has 0 saturated heterocycles. The van der Waals surface area contributed by atoms with Gasteiger partial charge in [-0.05, 0) is 30.5 Å². The summed E-state index contributed by atoms with van der Waals surface area (Å²) in [5, 5.41) is 4.85. The second kappa shape index (κ2) is 7.61. The van der Waals surface area contributed by atoms with E-state index in [1.807, 2.05) is 0 Å². The van der Waals surface area contributed by atoms with Crippen LogP contribution in [-0.2, 0) is 6.54 Å². The third kappa shape index (κ3) is 4.80. The van der Waals surface area contributed by atoms with Gasteiger partial charge >= 0.3 is 0 Å². The number of halogens is 2. The minimum absolute atomic E-state index is 0.0883. The summed E-state index contributed by atoms with van der Waals surface area (Å²) >= 11 is 1.32. The van der Waals surface area contributed by atoms with Crippen LogP contribution in [0.2, 0.25) is 0 Å². The Hall–Kier alpha value is -1.86. The van der Waals surface area contributed by atoms with Crippen LogP contribution < -0.4 is 11.1 Å². The minimum atomic E-state index is -0.565. The van der Waals surface area contributed by atoms with Gasteiger partial charge in [0.2, 0.25) is 0 Å². The molecule has 3 N–H and O–H groups in total. The number of nitrogens with zero attached hydrogens (tertiary/aromatic N) is 1. The smallest absolute Gasteiger partial charge is 0.271 e. The summed E-state index contributed by atoms with van der Waals surface area (Å²) in [6.07, 6.45) is 0.781. The quantitative estimate of drug-likeness (QED) is 0.847. The number of hydrogen-bond donors (Lipinski definition) is 2. The Bertz CT molecular complexity index is 688. The lowest BCUT2D eigenvalue weighted by Gasteiger charge is -2.10. The van der Waals surface area contributed by atoms with Gasteiger partial charge in [0, 0.05) is 17.5 Å². The highest BCUT2D eigenvalue weighted by molar-refractivity contribution is 7.09. The monoisotopic (exact) mass is 339 g/mol. The molecule has 0 aliphatic carbocycles. The van der Waals surface area contributed by atoms with E-state index in [1.165, 1.54) is 11.3 Å². The van der Waals surface area contributed by atoms with Crippen molar-refractivity contribution in [1.82, 2.24) is 10.3 Å². The highest BCUT2D eigenvalue weighted by atomic mass is 32.1. The third-order valence-corrected chi connectivity index (χ3v) is 4.22. The van der Waals surface area contributed by atoms with Crippen LogP contribution in [0.1, 0.15) is 47.4 Å². The van der Waals surface area contributed by atoms with Gasteiger partial charge < -0.3 is 11.1 Å². The topological polar surface area (TPSA) is 68.0 Å². The molecule has 1 aromatic heterocycles. The average molecular weight is 339 g/mol. The number of aromatic nitrogens is 1. The number of carbonyl (C=O) groups excluding carboxylic acids is 1. The van der Waals surface area contributed by atoms with E-state index < -0.39 is 17.5 Å². The van der Waals surface area contributed by atoms with E-state index in [0.717, 1.165) is 24.6 Å². The highest BCUT2D eigenvalue weighted by Crippen LogP contribution is 2.22. The molecule has 7 heteroatoms. The van der Waals surface area contributed by atoms with Gasteiger partial charge in [-0.1, -0.05) is 13.8 Å². The molecule has 4 nitrogen and oxygen atoms in total. The van der Waals surface area contributed by atoms with Gasteiger partial charge in [-0.2, -0.15) is 0 Å². The number of rotatable bonds is 6. The molecule has 1 heterocycles. The number of nitrogens with one attached hydrogen (secondary N) is 1. The zero-order chi connectivity index (χ0) is 17.0.